The average Bonchev–Trinajstić information content (AvgIpc) is 2.50. The number of amides is 2. The summed E-state index contributed by atoms with van der Waals surface area (Å²) in [6.45, 7) is 3.59. The van der Waals surface area contributed by atoms with Gasteiger partial charge in [0.05, 0.1) is 11.1 Å². The third-order valence-electron chi connectivity index (χ3n) is 3.16. The summed E-state index contributed by atoms with van der Waals surface area (Å²) >= 11 is 0. The van der Waals surface area contributed by atoms with Crippen LogP contribution < -0.4 is 11.1 Å². The number of allylic oxidation sites excluding steroid dienone is 1. The maximum absolute atomic E-state index is 12.2. The van der Waals surface area contributed by atoms with Gasteiger partial charge < -0.3 is 11.1 Å². The monoisotopic (exact) mass is 283 g/mol. The number of nitrogens with two attached hydrogens (primary N) is 1. The average molecular weight is 283 g/mol. The maximum Gasteiger partial charge on any atom is 0.253 e. The molecule has 1 atom stereocenters. The van der Waals surface area contributed by atoms with Crippen molar-refractivity contribution >= 4 is 22.7 Å². The van der Waals surface area contributed by atoms with Gasteiger partial charge in [-0.05, 0) is 25.0 Å². The second kappa shape index (κ2) is 6.65. The van der Waals surface area contributed by atoms with Crippen molar-refractivity contribution < 1.29 is 9.59 Å². The molecule has 0 bridgehead atoms. The molecule has 0 saturated carbocycles. The summed E-state index contributed by atoms with van der Waals surface area (Å²) in [7, 11) is 0. The number of nitrogens with zero attached hydrogens (tertiary/aromatic N) is 1. The van der Waals surface area contributed by atoms with Crippen LogP contribution in [-0.4, -0.2) is 22.8 Å². The van der Waals surface area contributed by atoms with Gasteiger partial charge in [-0.25, -0.2) is 0 Å². The predicted octanol–water partition coefficient (Wildman–Crippen LogP) is 1.78. The van der Waals surface area contributed by atoms with Crippen LogP contribution in [0.25, 0.3) is 10.9 Å². The molecule has 0 fully saturated rings. The summed E-state index contributed by atoms with van der Waals surface area (Å²) in [5.74, 6) is -0.917. The van der Waals surface area contributed by atoms with Crippen LogP contribution in [0.15, 0.2) is 49.2 Å². The molecule has 0 aliphatic carbocycles. The SMILES string of the molecule is C=CCC[C@H](NC(=O)c1cnc2ccccc2c1)C(N)=O. The van der Waals surface area contributed by atoms with Gasteiger partial charge in [-0.2, -0.15) is 0 Å². The summed E-state index contributed by atoms with van der Waals surface area (Å²) in [6, 6.07) is 8.54. The van der Waals surface area contributed by atoms with E-state index < -0.39 is 11.9 Å². The van der Waals surface area contributed by atoms with Gasteiger partial charge in [0.25, 0.3) is 5.91 Å². The molecule has 2 rings (SSSR count). The highest BCUT2D eigenvalue weighted by Gasteiger charge is 2.18. The molecule has 1 aromatic heterocycles. The van der Waals surface area contributed by atoms with E-state index in [2.05, 4.69) is 16.9 Å². The lowest BCUT2D eigenvalue weighted by Gasteiger charge is -2.14. The van der Waals surface area contributed by atoms with Gasteiger partial charge in [-0.1, -0.05) is 24.3 Å². The van der Waals surface area contributed by atoms with Crippen LogP contribution in [0.1, 0.15) is 23.2 Å². The minimum absolute atomic E-state index is 0.360. The Labute approximate surface area is 122 Å². The summed E-state index contributed by atoms with van der Waals surface area (Å²) in [6.07, 6.45) is 4.21. The number of fused-ring (bicyclic) bond motifs is 1. The first kappa shape index (κ1) is 14.7. The Morgan fingerprint density at radius 2 is 2.14 bits per heavy atom. The van der Waals surface area contributed by atoms with Crippen molar-refractivity contribution in [2.45, 2.75) is 18.9 Å². The number of benzene rings is 1. The van der Waals surface area contributed by atoms with E-state index in [9.17, 15) is 9.59 Å². The molecule has 0 radical (unpaired) electrons. The lowest BCUT2D eigenvalue weighted by Crippen LogP contribution is -2.44. The number of rotatable bonds is 6. The fourth-order valence-corrected chi connectivity index (χ4v) is 2.01. The van der Waals surface area contributed by atoms with E-state index in [4.69, 9.17) is 5.73 Å². The zero-order chi connectivity index (χ0) is 15.2. The van der Waals surface area contributed by atoms with Gasteiger partial charge in [0.2, 0.25) is 5.91 Å². The molecular formula is C16H17N3O2. The van der Waals surface area contributed by atoms with Gasteiger partial charge in [0.15, 0.2) is 0 Å². The van der Waals surface area contributed by atoms with Crippen LogP contribution in [0, 0.1) is 0 Å². The van der Waals surface area contributed by atoms with Crippen LogP contribution in [0.4, 0.5) is 0 Å². The zero-order valence-electron chi connectivity index (χ0n) is 11.6. The van der Waals surface area contributed by atoms with Gasteiger partial charge in [0.1, 0.15) is 6.04 Å². The Hall–Kier alpha value is -2.69. The van der Waals surface area contributed by atoms with E-state index in [1.54, 1.807) is 12.1 Å². The second-order valence-electron chi connectivity index (χ2n) is 4.71. The smallest absolute Gasteiger partial charge is 0.253 e. The normalized spacial score (nSPS) is 11.8. The molecule has 21 heavy (non-hydrogen) atoms. The molecule has 0 aliphatic rings. The van der Waals surface area contributed by atoms with Gasteiger partial charge in [-0.3, -0.25) is 14.6 Å². The van der Waals surface area contributed by atoms with Crippen molar-refractivity contribution in [2.24, 2.45) is 5.73 Å². The topological polar surface area (TPSA) is 85.1 Å². The van der Waals surface area contributed by atoms with Crippen LogP contribution in [0.3, 0.4) is 0 Å². The van der Waals surface area contributed by atoms with Crippen molar-refractivity contribution in [1.82, 2.24) is 10.3 Å². The Kier molecular flexibility index (Phi) is 4.66. The molecule has 5 heteroatoms. The third kappa shape index (κ3) is 3.66. The maximum atomic E-state index is 12.2. The van der Waals surface area contributed by atoms with E-state index in [0.29, 0.717) is 18.4 Å². The second-order valence-corrected chi connectivity index (χ2v) is 4.71. The molecule has 1 heterocycles. The Bertz CT molecular complexity index is 682. The van der Waals surface area contributed by atoms with Crippen molar-refractivity contribution in [3.63, 3.8) is 0 Å². The largest absolute Gasteiger partial charge is 0.368 e. The molecule has 0 spiro atoms. The minimum atomic E-state index is -0.707. The zero-order valence-corrected chi connectivity index (χ0v) is 11.6. The van der Waals surface area contributed by atoms with Crippen LogP contribution in [-0.2, 0) is 4.79 Å². The van der Waals surface area contributed by atoms with Crippen molar-refractivity contribution in [3.05, 3.63) is 54.7 Å². The number of hydrogen-bond acceptors (Lipinski definition) is 3. The lowest BCUT2D eigenvalue weighted by molar-refractivity contribution is -0.119. The Morgan fingerprint density at radius 3 is 2.86 bits per heavy atom. The number of nitrogens with one attached hydrogen (secondary N) is 1. The van der Waals surface area contributed by atoms with Crippen molar-refractivity contribution in [3.8, 4) is 0 Å². The highest BCUT2D eigenvalue weighted by atomic mass is 16.2. The van der Waals surface area contributed by atoms with Crippen LogP contribution >= 0.6 is 0 Å². The summed E-state index contributed by atoms with van der Waals surface area (Å²) < 4.78 is 0. The van der Waals surface area contributed by atoms with E-state index in [1.807, 2.05) is 24.3 Å². The number of hydrogen-bond donors (Lipinski definition) is 2. The van der Waals surface area contributed by atoms with E-state index >= 15 is 0 Å². The lowest BCUT2D eigenvalue weighted by atomic mass is 10.1. The number of pyridine rings is 1. The van der Waals surface area contributed by atoms with Gasteiger partial charge >= 0.3 is 0 Å². The number of carbonyl (C=O) groups excluding carboxylic acids is 2. The Balaban J connectivity index is 2.16. The van der Waals surface area contributed by atoms with E-state index in [-0.39, 0.29) is 5.91 Å². The fraction of sp³-hybridized carbons (Fsp3) is 0.188. The molecule has 1 aromatic carbocycles. The first-order chi connectivity index (χ1) is 10.1. The first-order valence-electron chi connectivity index (χ1n) is 6.67. The number of primary amides is 1. The van der Waals surface area contributed by atoms with Crippen LogP contribution in [0.2, 0.25) is 0 Å². The number of para-hydroxylation sites is 1. The molecule has 0 saturated heterocycles. The standard InChI is InChI=1S/C16H17N3O2/c1-2-3-7-14(15(17)20)19-16(21)12-9-11-6-4-5-8-13(11)18-10-12/h2,4-6,8-10,14H,1,3,7H2,(H2,17,20)(H,19,21)/t14-/m0/s1. The number of aromatic nitrogens is 1. The third-order valence-corrected chi connectivity index (χ3v) is 3.16. The highest BCUT2D eigenvalue weighted by molar-refractivity contribution is 5.99. The number of carbonyl (C=O) groups is 2. The molecule has 2 aromatic rings. The van der Waals surface area contributed by atoms with Gasteiger partial charge in [-0.15, -0.1) is 6.58 Å². The molecule has 3 N–H and O–H groups in total. The Morgan fingerprint density at radius 1 is 1.38 bits per heavy atom. The molecule has 0 aliphatic heterocycles. The van der Waals surface area contributed by atoms with Crippen molar-refractivity contribution in [2.75, 3.05) is 0 Å². The molecule has 108 valence electrons. The molecule has 2 amide bonds. The predicted molar refractivity (Wildman–Crippen MR) is 81.6 cm³/mol. The van der Waals surface area contributed by atoms with E-state index in [1.165, 1.54) is 6.20 Å². The summed E-state index contributed by atoms with van der Waals surface area (Å²) in [5, 5.41) is 3.50. The van der Waals surface area contributed by atoms with Gasteiger partial charge in [0, 0.05) is 11.6 Å². The summed E-state index contributed by atoms with van der Waals surface area (Å²) in [5.41, 5.74) is 6.50. The molecule has 0 unspecified atom stereocenters. The molecule has 5 nitrogen and oxygen atoms in total. The van der Waals surface area contributed by atoms with Crippen molar-refractivity contribution in [1.29, 1.82) is 0 Å². The molecular weight excluding hydrogens is 266 g/mol. The fourth-order valence-electron chi connectivity index (χ4n) is 2.01. The first-order valence-corrected chi connectivity index (χ1v) is 6.67. The highest BCUT2D eigenvalue weighted by Crippen LogP contribution is 2.13. The minimum Gasteiger partial charge on any atom is -0.368 e. The van der Waals surface area contributed by atoms with E-state index in [0.717, 1.165) is 10.9 Å². The van der Waals surface area contributed by atoms with Crippen LogP contribution in [0.5, 0.6) is 0 Å². The summed E-state index contributed by atoms with van der Waals surface area (Å²) in [4.78, 5) is 27.7. The quantitative estimate of drug-likeness (QED) is 0.792.